The summed E-state index contributed by atoms with van der Waals surface area (Å²) < 4.78 is 24.0. The fourth-order valence-corrected chi connectivity index (χ4v) is 2.37. The highest BCUT2D eigenvalue weighted by molar-refractivity contribution is 5.47. The number of methoxy groups -OCH3 is 1. The molecule has 2 N–H and O–H groups in total. The van der Waals surface area contributed by atoms with Crippen molar-refractivity contribution < 1.29 is 19.0 Å². The van der Waals surface area contributed by atoms with E-state index in [4.69, 9.17) is 9.47 Å². The van der Waals surface area contributed by atoms with Crippen molar-refractivity contribution in [2.45, 2.75) is 37.9 Å². The van der Waals surface area contributed by atoms with Gasteiger partial charge in [0.15, 0.2) is 11.6 Å². The monoisotopic (exact) mass is 283 g/mol. The van der Waals surface area contributed by atoms with Crippen LogP contribution in [0.2, 0.25) is 0 Å². The lowest BCUT2D eigenvalue weighted by atomic mass is 10.2. The molecule has 1 aromatic carbocycles. The van der Waals surface area contributed by atoms with E-state index in [9.17, 15) is 9.50 Å². The number of benzene rings is 1. The average molecular weight is 283 g/mol. The summed E-state index contributed by atoms with van der Waals surface area (Å²) in [7, 11) is 1.43. The van der Waals surface area contributed by atoms with Crippen molar-refractivity contribution in [2.24, 2.45) is 0 Å². The van der Waals surface area contributed by atoms with Crippen molar-refractivity contribution in [3.63, 3.8) is 0 Å². The summed E-state index contributed by atoms with van der Waals surface area (Å²) >= 11 is 0. The van der Waals surface area contributed by atoms with E-state index in [0.717, 1.165) is 12.8 Å². The molecule has 0 amide bonds. The lowest BCUT2D eigenvalue weighted by molar-refractivity contribution is -0.00117. The highest BCUT2D eigenvalue weighted by Crippen LogP contribution is 2.22. The maximum atomic E-state index is 13.5. The zero-order chi connectivity index (χ0) is 14.4. The lowest BCUT2D eigenvalue weighted by Gasteiger charge is -2.16. The summed E-state index contributed by atoms with van der Waals surface area (Å²) in [6.07, 6.45) is 4.30. The van der Waals surface area contributed by atoms with Gasteiger partial charge in [-0.15, -0.1) is 0 Å². The quantitative estimate of drug-likeness (QED) is 0.807. The van der Waals surface area contributed by atoms with Gasteiger partial charge >= 0.3 is 0 Å². The van der Waals surface area contributed by atoms with Crippen LogP contribution < -0.4 is 10.1 Å². The average Bonchev–Trinajstić information content (AvgIpc) is 2.96. The van der Waals surface area contributed by atoms with Gasteiger partial charge in [-0.2, -0.15) is 0 Å². The number of hydrogen-bond donors (Lipinski definition) is 2. The second-order valence-corrected chi connectivity index (χ2v) is 5.12. The van der Waals surface area contributed by atoms with Gasteiger partial charge in [-0.05, 0) is 25.0 Å². The normalized spacial score (nSPS) is 17.1. The number of anilines is 1. The van der Waals surface area contributed by atoms with Crippen LogP contribution >= 0.6 is 0 Å². The van der Waals surface area contributed by atoms with Gasteiger partial charge in [0.1, 0.15) is 0 Å². The van der Waals surface area contributed by atoms with E-state index in [-0.39, 0.29) is 5.75 Å². The Labute approximate surface area is 118 Å². The lowest BCUT2D eigenvalue weighted by Crippen LogP contribution is -2.27. The van der Waals surface area contributed by atoms with Crippen LogP contribution in [0.4, 0.5) is 10.1 Å². The first kappa shape index (κ1) is 15.1. The molecule has 1 aromatic rings. The van der Waals surface area contributed by atoms with Crippen LogP contribution in [0.5, 0.6) is 5.75 Å². The van der Waals surface area contributed by atoms with Gasteiger partial charge in [0.2, 0.25) is 0 Å². The van der Waals surface area contributed by atoms with Crippen LogP contribution in [-0.2, 0) is 4.74 Å². The summed E-state index contributed by atoms with van der Waals surface area (Å²) in [4.78, 5) is 0. The van der Waals surface area contributed by atoms with Crippen LogP contribution in [-0.4, -0.2) is 37.6 Å². The molecule has 0 radical (unpaired) electrons. The highest BCUT2D eigenvalue weighted by Gasteiger charge is 2.16. The Hall–Kier alpha value is -1.33. The van der Waals surface area contributed by atoms with Crippen molar-refractivity contribution in [3.8, 4) is 5.75 Å². The van der Waals surface area contributed by atoms with Crippen LogP contribution in [0, 0.1) is 5.82 Å². The second kappa shape index (κ2) is 7.45. The first-order valence-electron chi connectivity index (χ1n) is 7.06. The van der Waals surface area contributed by atoms with Crippen LogP contribution in [0.3, 0.4) is 0 Å². The van der Waals surface area contributed by atoms with Crippen LogP contribution in [0.15, 0.2) is 18.2 Å². The number of aliphatic hydroxyl groups is 1. The van der Waals surface area contributed by atoms with E-state index in [1.54, 1.807) is 12.1 Å². The van der Waals surface area contributed by atoms with E-state index >= 15 is 0 Å². The summed E-state index contributed by atoms with van der Waals surface area (Å²) in [5, 5.41) is 12.8. The predicted molar refractivity (Wildman–Crippen MR) is 75.7 cm³/mol. The smallest absolute Gasteiger partial charge is 0.167 e. The summed E-state index contributed by atoms with van der Waals surface area (Å²) in [5.74, 6) is -0.213. The minimum Gasteiger partial charge on any atom is -0.494 e. The molecular formula is C15H22FNO3. The summed E-state index contributed by atoms with van der Waals surface area (Å²) in [5.41, 5.74) is 0.614. The molecule has 0 aromatic heterocycles. The molecule has 1 aliphatic carbocycles. The second-order valence-electron chi connectivity index (χ2n) is 5.12. The number of aliphatic hydroxyl groups excluding tert-OH is 1. The van der Waals surface area contributed by atoms with Gasteiger partial charge in [0, 0.05) is 18.3 Å². The Morgan fingerprint density at radius 1 is 1.40 bits per heavy atom. The maximum Gasteiger partial charge on any atom is 0.167 e. The molecule has 0 bridgehead atoms. The zero-order valence-corrected chi connectivity index (χ0v) is 11.8. The minimum atomic E-state index is -0.597. The largest absolute Gasteiger partial charge is 0.494 e. The molecule has 2 rings (SSSR count). The van der Waals surface area contributed by atoms with Crippen molar-refractivity contribution in [1.82, 2.24) is 0 Å². The van der Waals surface area contributed by atoms with Gasteiger partial charge in [0.25, 0.3) is 0 Å². The Kier molecular flexibility index (Phi) is 5.61. The molecule has 1 atom stereocenters. The van der Waals surface area contributed by atoms with Crippen molar-refractivity contribution in [3.05, 3.63) is 24.0 Å². The first-order valence-corrected chi connectivity index (χ1v) is 7.06. The van der Waals surface area contributed by atoms with E-state index in [1.807, 2.05) is 0 Å². The van der Waals surface area contributed by atoms with Gasteiger partial charge in [0.05, 0.1) is 25.9 Å². The molecule has 1 fully saturated rings. The molecule has 0 spiro atoms. The molecular weight excluding hydrogens is 261 g/mol. The van der Waals surface area contributed by atoms with Crippen molar-refractivity contribution in [1.29, 1.82) is 0 Å². The fourth-order valence-electron chi connectivity index (χ4n) is 2.37. The molecule has 1 saturated carbocycles. The molecule has 112 valence electrons. The molecule has 4 nitrogen and oxygen atoms in total. The van der Waals surface area contributed by atoms with Crippen LogP contribution in [0.25, 0.3) is 0 Å². The van der Waals surface area contributed by atoms with Gasteiger partial charge < -0.3 is 19.9 Å². The third-order valence-corrected chi connectivity index (χ3v) is 3.52. The molecule has 20 heavy (non-hydrogen) atoms. The van der Waals surface area contributed by atoms with Crippen molar-refractivity contribution >= 4 is 5.69 Å². The third-order valence-electron chi connectivity index (χ3n) is 3.52. The number of ether oxygens (including phenoxy) is 2. The first-order chi connectivity index (χ1) is 9.69. The molecule has 1 aliphatic rings. The number of rotatable bonds is 7. The number of nitrogens with one attached hydrogen (secondary N) is 1. The number of hydrogen-bond acceptors (Lipinski definition) is 4. The summed E-state index contributed by atoms with van der Waals surface area (Å²) in [6, 6.07) is 4.62. The molecule has 0 saturated heterocycles. The summed E-state index contributed by atoms with van der Waals surface area (Å²) in [6.45, 7) is 0.648. The Morgan fingerprint density at radius 3 is 2.80 bits per heavy atom. The van der Waals surface area contributed by atoms with Gasteiger partial charge in [-0.3, -0.25) is 0 Å². The minimum absolute atomic E-state index is 0.209. The topological polar surface area (TPSA) is 50.7 Å². The number of halogens is 1. The van der Waals surface area contributed by atoms with Gasteiger partial charge in [-0.25, -0.2) is 4.39 Å². The van der Waals surface area contributed by atoms with Crippen LogP contribution in [0.1, 0.15) is 25.7 Å². The fraction of sp³-hybridized carbons (Fsp3) is 0.600. The maximum absolute atomic E-state index is 13.5. The van der Waals surface area contributed by atoms with Gasteiger partial charge in [-0.1, -0.05) is 12.8 Å². The Morgan fingerprint density at radius 2 is 2.15 bits per heavy atom. The SMILES string of the molecule is COc1ccc(NCC(O)COC2CCCC2)cc1F. The molecule has 0 aliphatic heterocycles. The van der Waals surface area contributed by atoms with E-state index in [1.165, 1.54) is 26.0 Å². The van der Waals surface area contributed by atoms with Crippen molar-refractivity contribution in [2.75, 3.05) is 25.6 Å². The Balaban J connectivity index is 1.72. The van der Waals surface area contributed by atoms with E-state index in [2.05, 4.69) is 5.32 Å². The highest BCUT2D eigenvalue weighted by atomic mass is 19.1. The van der Waals surface area contributed by atoms with E-state index in [0.29, 0.717) is 24.9 Å². The Bertz CT molecular complexity index is 422. The predicted octanol–water partition coefficient (Wildman–Crippen LogP) is 2.57. The molecule has 5 heteroatoms. The van der Waals surface area contributed by atoms with E-state index < -0.39 is 11.9 Å². The standard InChI is InChI=1S/C15H22FNO3/c1-19-15-7-6-11(8-14(15)16)17-9-12(18)10-20-13-4-2-3-5-13/h6-8,12-13,17-18H,2-5,9-10H2,1H3. The third kappa shape index (κ3) is 4.35. The zero-order valence-electron chi connectivity index (χ0n) is 11.8. The molecule has 0 heterocycles. The molecule has 1 unspecified atom stereocenters.